The van der Waals surface area contributed by atoms with Crippen LogP contribution in [-0.2, 0) is 9.59 Å². The predicted octanol–water partition coefficient (Wildman–Crippen LogP) is 2.11. The molecule has 1 saturated heterocycles. The van der Waals surface area contributed by atoms with E-state index < -0.39 is 0 Å². The summed E-state index contributed by atoms with van der Waals surface area (Å²) in [5.74, 6) is -0.403. The van der Waals surface area contributed by atoms with E-state index in [4.69, 9.17) is 0 Å². The average Bonchev–Trinajstić information content (AvgIpc) is 2.35. The Morgan fingerprint density at radius 2 is 1.69 bits per heavy atom. The van der Waals surface area contributed by atoms with Crippen molar-refractivity contribution in [3.05, 3.63) is 0 Å². The van der Waals surface area contributed by atoms with E-state index in [1.54, 1.807) is 6.92 Å². The van der Waals surface area contributed by atoms with Gasteiger partial charge in [-0.1, -0.05) is 41.0 Å². The molecule has 0 spiro atoms. The van der Waals surface area contributed by atoms with Crippen LogP contribution in [0.5, 0.6) is 0 Å². The zero-order valence-electron chi connectivity index (χ0n) is 9.31. The Bertz CT molecular complexity index is 155. The van der Waals surface area contributed by atoms with E-state index in [9.17, 15) is 9.59 Å². The summed E-state index contributed by atoms with van der Waals surface area (Å²) in [4.78, 5) is 20.8. The first-order valence-electron chi connectivity index (χ1n) is 4.95. The molecule has 1 fully saturated rings. The van der Waals surface area contributed by atoms with Crippen LogP contribution in [0.15, 0.2) is 0 Å². The van der Waals surface area contributed by atoms with Crippen LogP contribution in [0.4, 0.5) is 0 Å². The molecular formula is C10H21NO2. The molecule has 0 aromatic rings. The third-order valence-electron chi connectivity index (χ3n) is 1.20. The molecule has 3 heteroatoms. The van der Waals surface area contributed by atoms with Crippen LogP contribution in [0.3, 0.4) is 0 Å². The van der Waals surface area contributed by atoms with Crippen molar-refractivity contribution < 1.29 is 9.59 Å². The highest BCUT2D eigenvalue weighted by molar-refractivity contribution is 6.03. The molecule has 0 radical (unpaired) electrons. The third kappa shape index (κ3) is 7.50. The third-order valence-corrected chi connectivity index (χ3v) is 1.20. The maximum atomic E-state index is 10.5. The lowest BCUT2D eigenvalue weighted by Gasteiger charge is -1.88. The molecular weight excluding hydrogens is 166 g/mol. The Kier molecular flexibility index (Phi) is 10.4. The Morgan fingerprint density at radius 3 is 1.77 bits per heavy atom. The number of hydrogen-bond acceptors (Lipinski definition) is 2. The van der Waals surface area contributed by atoms with E-state index in [2.05, 4.69) is 19.2 Å². The minimum absolute atomic E-state index is 0.109. The van der Waals surface area contributed by atoms with Crippen molar-refractivity contribution in [3.63, 3.8) is 0 Å². The van der Waals surface area contributed by atoms with Crippen molar-refractivity contribution in [3.8, 4) is 0 Å². The molecule has 1 aliphatic heterocycles. The van der Waals surface area contributed by atoms with Crippen molar-refractivity contribution in [2.75, 3.05) is 0 Å². The summed E-state index contributed by atoms with van der Waals surface area (Å²) in [7, 11) is 0. The van der Waals surface area contributed by atoms with E-state index in [0.717, 1.165) is 0 Å². The molecule has 0 aliphatic carbocycles. The monoisotopic (exact) mass is 187 g/mol. The highest BCUT2D eigenvalue weighted by Gasteiger charge is 2.25. The molecule has 1 rings (SSSR count). The molecule has 0 saturated carbocycles. The van der Waals surface area contributed by atoms with Gasteiger partial charge in [0, 0.05) is 12.3 Å². The molecule has 78 valence electrons. The molecule has 1 aliphatic rings. The van der Waals surface area contributed by atoms with Gasteiger partial charge in [-0.3, -0.25) is 14.9 Å². The topological polar surface area (TPSA) is 46.2 Å². The molecule has 1 heterocycles. The van der Waals surface area contributed by atoms with Gasteiger partial charge in [-0.15, -0.1) is 0 Å². The predicted molar refractivity (Wildman–Crippen MR) is 54.2 cm³/mol. The number of carbonyl (C=O) groups excluding carboxylic acids is 2. The number of hydrogen-bond donors (Lipinski definition) is 1. The number of carbonyl (C=O) groups is 2. The van der Waals surface area contributed by atoms with Gasteiger partial charge in [0.15, 0.2) is 0 Å². The molecule has 0 aromatic carbocycles. The fourth-order valence-corrected chi connectivity index (χ4v) is 0.682. The van der Waals surface area contributed by atoms with Gasteiger partial charge in [-0.05, 0) is 0 Å². The van der Waals surface area contributed by atoms with Crippen LogP contribution in [-0.4, -0.2) is 11.8 Å². The second-order valence-electron chi connectivity index (χ2n) is 2.72. The molecule has 0 bridgehead atoms. The lowest BCUT2D eigenvalue weighted by atomic mass is 10.1. The first-order chi connectivity index (χ1) is 6.11. The van der Waals surface area contributed by atoms with Crippen LogP contribution in [0.25, 0.3) is 0 Å². The quantitative estimate of drug-likeness (QED) is 0.590. The van der Waals surface area contributed by atoms with Crippen molar-refractivity contribution in [1.29, 1.82) is 0 Å². The second-order valence-corrected chi connectivity index (χ2v) is 2.72. The van der Waals surface area contributed by atoms with Crippen LogP contribution < -0.4 is 5.32 Å². The van der Waals surface area contributed by atoms with Gasteiger partial charge >= 0.3 is 0 Å². The van der Waals surface area contributed by atoms with Gasteiger partial charge in [0.2, 0.25) is 11.8 Å². The molecule has 1 unspecified atom stereocenters. The summed E-state index contributed by atoms with van der Waals surface area (Å²) in [5, 5.41) is 2.19. The molecule has 13 heavy (non-hydrogen) atoms. The van der Waals surface area contributed by atoms with Gasteiger partial charge in [0.25, 0.3) is 0 Å². The fourth-order valence-electron chi connectivity index (χ4n) is 0.682. The smallest absolute Gasteiger partial charge is 0.229 e. The van der Waals surface area contributed by atoms with Gasteiger partial charge in [-0.2, -0.15) is 0 Å². The fraction of sp³-hybridized carbons (Fsp3) is 0.800. The van der Waals surface area contributed by atoms with Crippen LogP contribution in [0.1, 0.15) is 47.5 Å². The highest BCUT2D eigenvalue weighted by atomic mass is 16.2. The van der Waals surface area contributed by atoms with E-state index >= 15 is 0 Å². The summed E-state index contributed by atoms with van der Waals surface area (Å²) < 4.78 is 0. The SMILES string of the molecule is CC.CC1CC(=O)NC1=O.CCC. The lowest BCUT2D eigenvalue weighted by Crippen LogP contribution is -2.20. The van der Waals surface area contributed by atoms with Gasteiger partial charge < -0.3 is 0 Å². The zero-order chi connectivity index (χ0) is 10.9. The number of nitrogens with one attached hydrogen (secondary N) is 1. The Morgan fingerprint density at radius 1 is 1.31 bits per heavy atom. The van der Waals surface area contributed by atoms with Gasteiger partial charge in [-0.25, -0.2) is 0 Å². The maximum absolute atomic E-state index is 10.5. The standard InChI is InChI=1S/C5H7NO2.C3H8.C2H6/c1-3-2-4(7)6-5(3)8;1-3-2;1-2/h3H,2H2,1H3,(H,6,7,8);3H2,1-2H3;1-2H3. The number of rotatable bonds is 0. The highest BCUT2D eigenvalue weighted by Crippen LogP contribution is 2.07. The van der Waals surface area contributed by atoms with Crippen molar-refractivity contribution in [2.24, 2.45) is 5.92 Å². The first-order valence-corrected chi connectivity index (χ1v) is 4.95. The Balaban J connectivity index is 0. The molecule has 0 aromatic heterocycles. The Hall–Kier alpha value is -0.860. The van der Waals surface area contributed by atoms with Crippen molar-refractivity contribution >= 4 is 11.8 Å². The average molecular weight is 187 g/mol. The largest absolute Gasteiger partial charge is 0.296 e. The summed E-state index contributed by atoms with van der Waals surface area (Å²) in [6.07, 6.45) is 1.61. The van der Waals surface area contributed by atoms with Crippen LogP contribution in [0.2, 0.25) is 0 Å². The van der Waals surface area contributed by atoms with Crippen LogP contribution >= 0.6 is 0 Å². The maximum Gasteiger partial charge on any atom is 0.229 e. The minimum atomic E-state index is -0.150. The summed E-state index contributed by atoms with van der Waals surface area (Å²) in [6, 6.07) is 0. The first kappa shape index (κ1) is 14.7. The number of amides is 2. The summed E-state index contributed by atoms with van der Waals surface area (Å²) >= 11 is 0. The van der Waals surface area contributed by atoms with E-state index in [1.165, 1.54) is 6.42 Å². The Labute approximate surface area is 80.9 Å². The molecule has 1 atom stereocenters. The minimum Gasteiger partial charge on any atom is -0.296 e. The van der Waals surface area contributed by atoms with E-state index in [1.807, 2.05) is 13.8 Å². The van der Waals surface area contributed by atoms with Crippen molar-refractivity contribution in [1.82, 2.24) is 5.32 Å². The lowest BCUT2D eigenvalue weighted by molar-refractivity contribution is -0.125. The normalized spacial score (nSPS) is 19.3. The summed E-state index contributed by atoms with van der Waals surface area (Å²) in [6.45, 7) is 9.99. The number of imide groups is 1. The molecule has 2 amide bonds. The molecule has 3 nitrogen and oxygen atoms in total. The second kappa shape index (κ2) is 9.23. The van der Waals surface area contributed by atoms with Crippen molar-refractivity contribution in [2.45, 2.75) is 47.5 Å². The van der Waals surface area contributed by atoms with Gasteiger partial charge in [0.05, 0.1) is 0 Å². The zero-order valence-corrected chi connectivity index (χ0v) is 9.31. The van der Waals surface area contributed by atoms with E-state index in [0.29, 0.717) is 6.42 Å². The van der Waals surface area contributed by atoms with Crippen LogP contribution in [0, 0.1) is 5.92 Å². The van der Waals surface area contributed by atoms with E-state index in [-0.39, 0.29) is 17.7 Å². The van der Waals surface area contributed by atoms with Gasteiger partial charge in [0.1, 0.15) is 0 Å². The molecule has 1 N–H and O–H groups in total. The summed E-state index contributed by atoms with van der Waals surface area (Å²) in [5.41, 5.74) is 0.